The van der Waals surface area contributed by atoms with Gasteiger partial charge in [-0.2, -0.15) is 0 Å². The van der Waals surface area contributed by atoms with Gasteiger partial charge >= 0.3 is 5.97 Å². The van der Waals surface area contributed by atoms with Crippen LogP contribution in [0, 0.1) is 12.3 Å². The van der Waals surface area contributed by atoms with Crippen molar-refractivity contribution in [3.63, 3.8) is 0 Å². The molecule has 18 heavy (non-hydrogen) atoms. The number of aryl methyl sites for hydroxylation is 1. The zero-order valence-electron chi connectivity index (χ0n) is 10.4. The molecule has 0 amide bonds. The lowest BCUT2D eigenvalue weighted by molar-refractivity contribution is -0.135. The minimum absolute atomic E-state index is 0.0197. The Bertz CT molecular complexity index is 466. The Kier molecular flexibility index (Phi) is 5.45. The number of rotatable bonds is 4. The number of benzene rings is 1. The van der Waals surface area contributed by atoms with E-state index >= 15 is 0 Å². The third-order valence-electron chi connectivity index (χ3n) is 2.25. The Balaban J connectivity index is 2.90. The highest BCUT2D eigenvalue weighted by molar-refractivity contribution is 8.13. The van der Waals surface area contributed by atoms with Crippen molar-refractivity contribution in [2.24, 2.45) is 5.73 Å². The molecule has 0 aliphatic heterocycles. The summed E-state index contributed by atoms with van der Waals surface area (Å²) in [5.41, 5.74) is 7.83. The summed E-state index contributed by atoms with van der Waals surface area (Å²) >= 11 is 1.10. The average molecular weight is 264 g/mol. The lowest BCUT2D eigenvalue weighted by Crippen LogP contribution is -2.11. The molecule has 4 nitrogen and oxygen atoms in total. The van der Waals surface area contributed by atoms with Crippen molar-refractivity contribution in [2.75, 3.05) is 12.9 Å². The molecule has 96 valence electrons. The fraction of sp³-hybridized carbons (Fsp3) is 0.231. The quantitative estimate of drug-likeness (QED) is 0.378. The summed E-state index contributed by atoms with van der Waals surface area (Å²) < 4.78 is 4.71. The van der Waals surface area contributed by atoms with Gasteiger partial charge in [0.1, 0.15) is 0 Å². The molecular weight excluding hydrogens is 248 g/mol. The summed E-state index contributed by atoms with van der Waals surface area (Å²) in [6, 6.07) is 7.80. The van der Waals surface area contributed by atoms with E-state index in [2.05, 4.69) is 0 Å². The van der Waals surface area contributed by atoms with Gasteiger partial charge in [0.05, 0.1) is 7.11 Å². The second kappa shape index (κ2) is 6.86. The van der Waals surface area contributed by atoms with Gasteiger partial charge in [0.15, 0.2) is 5.17 Å². The van der Waals surface area contributed by atoms with Crippen LogP contribution in [-0.2, 0) is 9.53 Å². The number of hydrogen-bond donors (Lipinski definition) is 2. The molecule has 1 aromatic rings. The molecule has 0 aliphatic rings. The summed E-state index contributed by atoms with van der Waals surface area (Å²) in [5, 5.41) is 7.14. The van der Waals surface area contributed by atoms with Crippen molar-refractivity contribution in [1.82, 2.24) is 0 Å². The van der Waals surface area contributed by atoms with E-state index in [9.17, 15) is 4.79 Å². The zero-order valence-corrected chi connectivity index (χ0v) is 11.2. The van der Waals surface area contributed by atoms with Gasteiger partial charge < -0.3 is 10.5 Å². The third kappa shape index (κ3) is 4.63. The number of nitrogens with one attached hydrogen (secondary N) is 1. The predicted molar refractivity (Wildman–Crippen MR) is 75.5 cm³/mol. The summed E-state index contributed by atoms with van der Waals surface area (Å²) in [5.74, 6) is -0.0695. The number of hydrogen-bond acceptors (Lipinski definition) is 4. The Morgan fingerprint density at radius 3 is 2.56 bits per heavy atom. The highest BCUT2D eigenvalue weighted by atomic mass is 32.2. The van der Waals surface area contributed by atoms with E-state index in [0.717, 1.165) is 22.9 Å². The van der Waals surface area contributed by atoms with Crippen LogP contribution in [0.15, 0.2) is 29.8 Å². The maximum Gasteiger partial charge on any atom is 0.334 e. The van der Waals surface area contributed by atoms with Gasteiger partial charge in [0, 0.05) is 11.3 Å². The van der Waals surface area contributed by atoms with Crippen LogP contribution < -0.4 is 5.73 Å². The SMILES string of the molecule is COC(=O)/C(=C/c1ccc(C)cc1)CSC(=N)N. The maximum atomic E-state index is 11.6. The number of carbonyl (C=O) groups excluding carboxylic acids is 1. The summed E-state index contributed by atoms with van der Waals surface area (Å²) in [6.45, 7) is 2.00. The number of methoxy groups -OCH3 is 1. The molecule has 0 unspecified atom stereocenters. The van der Waals surface area contributed by atoms with E-state index in [1.165, 1.54) is 7.11 Å². The molecule has 0 saturated heterocycles. The first-order valence-electron chi connectivity index (χ1n) is 5.35. The van der Waals surface area contributed by atoms with Crippen LogP contribution in [0.1, 0.15) is 11.1 Å². The summed E-state index contributed by atoms with van der Waals surface area (Å²) in [7, 11) is 1.34. The van der Waals surface area contributed by atoms with E-state index < -0.39 is 5.97 Å². The van der Waals surface area contributed by atoms with Crippen LogP contribution in [-0.4, -0.2) is 24.0 Å². The zero-order chi connectivity index (χ0) is 13.5. The first kappa shape index (κ1) is 14.3. The Hall–Kier alpha value is -1.75. The Morgan fingerprint density at radius 2 is 2.06 bits per heavy atom. The van der Waals surface area contributed by atoms with Gasteiger partial charge in [-0.1, -0.05) is 41.6 Å². The van der Waals surface area contributed by atoms with Crippen molar-refractivity contribution in [3.05, 3.63) is 41.0 Å². The van der Waals surface area contributed by atoms with E-state index in [4.69, 9.17) is 15.9 Å². The van der Waals surface area contributed by atoms with Crippen LogP contribution >= 0.6 is 11.8 Å². The molecule has 0 radical (unpaired) electrons. The molecular formula is C13H16N2O2S. The second-order valence-electron chi connectivity index (χ2n) is 3.72. The number of ether oxygens (including phenoxy) is 1. The van der Waals surface area contributed by atoms with E-state index in [-0.39, 0.29) is 5.17 Å². The molecule has 0 bridgehead atoms. The Labute approximate surface area is 111 Å². The molecule has 0 heterocycles. The molecule has 0 aliphatic carbocycles. The topological polar surface area (TPSA) is 76.2 Å². The van der Waals surface area contributed by atoms with Gasteiger partial charge in [-0.05, 0) is 18.6 Å². The van der Waals surface area contributed by atoms with Gasteiger partial charge in [-0.3, -0.25) is 5.41 Å². The monoisotopic (exact) mass is 264 g/mol. The largest absolute Gasteiger partial charge is 0.466 e. The molecule has 0 spiro atoms. The lowest BCUT2D eigenvalue weighted by Gasteiger charge is -2.05. The number of nitrogens with two attached hydrogens (primary N) is 1. The van der Waals surface area contributed by atoms with Crippen LogP contribution in [0.3, 0.4) is 0 Å². The van der Waals surface area contributed by atoms with Crippen LogP contribution in [0.4, 0.5) is 0 Å². The summed E-state index contributed by atoms with van der Waals surface area (Å²) in [6.07, 6.45) is 1.75. The average Bonchev–Trinajstić information content (AvgIpc) is 2.35. The Morgan fingerprint density at radius 1 is 1.44 bits per heavy atom. The minimum atomic E-state index is -0.399. The molecule has 0 saturated carbocycles. The van der Waals surface area contributed by atoms with Gasteiger partial charge in [0.2, 0.25) is 0 Å². The molecule has 0 atom stereocenters. The van der Waals surface area contributed by atoms with Crippen LogP contribution in [0.2, 0.25) is 0 Å². The first-order chi connectivity index (χ1) is 8.52. The fourth-order valence-electron chi connectivity index (χ4n) is 1.31. The maximum absolute atomic E-state index is 11.6. The van der Waals surface area contributed by atoms with Crippen molar-refractivity contribution in [1.29, 1.82) is 5.41 Å². The highest BCUT2D eigenvalue weighted by Gasteiger charge is 2.10. The van der Waals surface area contributed by atoms with E-state index in [1.807, 2.05) is 31.2 Å². The first-order valence-corrected chi connectivity index (χ1v) is 6.34. The van der Waals surface area contributed by atoms with Crippen molar-refractivity contribution in [2.45, 2.75) is 6.92 Å². The van der Waals surface area contributed by atoms with E-state index in [1.54, 1.807) is 6.08 Å². The second-order valence-corrected chi connectivity index (χ2v) is 4.74. The standard InChI is InChI=1S/C13H16N2O2S/c1-9-3-5-10(6-4-9)7-11(12(16)17-2)8-18-13(14)15/h3-7H,8H2,1-2H3,(H3,14,15)/b11-7+. The minimum Gasteiger partial charge on any atom is -0.466 e. The number of thioether (sulfide) groups is 1. The number of carbonyl (C=O) groups is 1. The molecule has 1 aromatic carbocycles. The molecule has 0 fully saturated rings. The smallest absolute Gasteiger partial charge is 0.334 e. The summed E-state index contributed by atoms with van der Waals surface area (Å²) in [4.78, 5) is 11.6. The van der Waals surface area contributed by atoms with Gasteiger partial charge in [-0.25, -0.2) is 4.79 Å². The number of esters is 1. The lowest BCUT2D eigenvalue weighted by atomic mass is 10.1. The van der Waals surface area contributed by atoms with Crippen molar-refractivity contribution in [3.8, 4) is 0 Å². The predicted octanol–water partition coefficient (Wildman–Crippen LogP) is 2.18. The normalized spacial score (nSPS) is 11.1. The molecule has 5 heteroatoms. The van der Waals surface area contributed by atoms with Gasteiger partial charge in [-0.15, -0.1) is 0 Å². The van der Waals surface area contributed by atoms with Crippen molar-refractivity contribution < 1.29 is 9.53 Å². The van der Waals surface area contributed by atoms with Gasteiger partial charge in [0.25, 0.3) is 0 Å². The molecule has 1 rings (SSSR count). The molecule has 3 N–H and O–H groups in total. The highest BCUT2D eigenvalue weighted by Crippen LogP contribution is 2.14. The van der Waals surface area contributed by atoms with E-state index in [0.29, 0.717) is 11.3 Å². The van der Waals surface area contributed by atoms with Crippen LogP contribution in [0.5, 0.6) is 0 Å². The third-order valence-corrected chi connectivity index (χ3v) is 3.02. The van der Waals surface area contributed by atoms with Crippen LogP contribution in [0.25, 0.3) is 6.08 Å². The van der Waals surface area contributed by atoms with Crippen molar-refractivity contribution >= 4 is 29.0 Å². The molecule has 0 aromatic heterocycles. The fourth-order valence-corrected chi connectivity index (χ4v) is 1.82. The number of amidine groups is 1.